The van der Waals surface area contributed by atoms with Crippen molar-refractivity contribution in [3.05, 3.63) is 145 Å². The van der Waals surface area contributed by atoms with E-state index in [-0.39, 0.29) is 0 Å². The van der Waals surface area contributed by atoms with Crippen LogP contribution < -0.4 is 21.2 Å². The lowest BCUT2D eigenvalue weighted by Gasteiger charge is -2.26. The molecule has 0 saturated carbocycles. The van der Waals surface area contributed by atoms with Gasteiger partial charge in [-0.1, -0.05) is 145 Å². The minimum Gasteiger partial charge on any atom is -0.0769 e. The average molecular weight is 463 g/mol. The summed E-state index contributed by atoms with van der Waals surface area (Å²) in [5, 5.41) is 5.84. The molecule has 162 valence electrons. The fraction of sp³-hybridized carbons (Fsp3) is 0.0968. The fourth-order valence-electron chi connectivity index (χ4n) is 4.41. The van der Waals surface area contributed by atoms with Gasteiger partial charge in [0, 0.05) is 5.92 Å². The average Bonchev–Trinajstić information content (AvgIpc) is 3.34. The van der Waals surface area contributed by atoms with E-state index in [1.165, 1.54) is 27.4 Å². The Balaban J connectivity index is 1.42. The molecule has 4 aromatic rings. The van der Waals surface area contributed by atoms with Gasteiger partial charge < -0.3 is 0 Å². The summed E-state index contributed by atoms with van der Waals surface area (Å²) in [6, 6.07) is 44.3. The van der Waals surface area contributed by atoms with E-state index in [9.17, 15) is 0 Å². The van der Waals surface area contributed by atoms with E-state index in [1.807, 2.05) is 0 Å². The summed E-state index contributed by atoms with van der Waals surface area (Å²) in [6.07, 6.45) is 9.38. The molecule has 1 unspecified atom stereocenters. The molecule has 0 fully saturated rings. The van der Waals surface area contributed by atoms with Crippen LogP contribution in [-0.2, 0) is 0 Å². The van der Waals surface area contributed by atoms with Crippen molar-refractivity contribution in [2.75, 3.05) is 12.3 Å². The third-order valence-electron chi connectivity index (χ3n) is 6.12. The topological polar surface area (TPSA) is 0 Å². The first-order valence-electron chi connectivity index (χ1n) is 11.5. The summed E-state index contributed by atoms with van der Waals surface area (Å²) in [5.41, 5.74) is 1.58. The van der Waals surface area contributed by atoms with Crippen molar-refractivity contribution in [3.63, 3.8) is 0 Å². The van der Waals surface area contributed by atoms with E-state index in [0.717, 1.165) is 6.16 Å². The Labute approximate surface area is 200 Å². The van der Waals surface area contributed by atoms with Gasteiger partial charge >= 0.3 is 0 Å². The van der Waals surface area contributed by atoms with Crippen molar-refractivity contribution < 1.29 is 0 Å². The van der Waals surface area contributed by atoms with Crippen molar-refractivity contribution in [2.24, 2.45) is 5.92 Å². The van der Waals surface area contributed by atoms with Crippen molar-refractivity contribution in [1.82, 2.24) is 0 Å². The van der Waals surface area contributed by atoms with Gasteiger partial charge in [-0.25, -0.2) is 0 Å². The van der Waals surface area contributed by atoms with Gasteiger partial charge in [0.25, 0.3) is 0 Å². The molecule has 1 atom stereocenters. The third-order valence-corrected chi connectivity index (χ3v) is 11.2. The molecule has 0 heterocycles. The molecule has 0 aliphatic heterocycles. The Hall–Kier alpha value is -2.78. The van der Waals surface area contributed by atoms with E-state index in [2.05, 4.69) is 140 Å². The highest BCUT2D eigenvalue weighted by atomic mass is 31.1. The highest BCUT2D eigenvalue weighted by Crippen LogP contribution is 2.44. The number of benzene rings is 4. The van der Waals surface area contributed by atoms with Crippen LogP contribution in [-0.4, -0.2) is 12.3 Å². The predicted octanol–water partition coefficient (Wildman–Crippen LogP) is 6.36. The van der Waals surface area contributed by atoms with Crippen LogP contribution in [0.25, 0.3) is 0 Å². The number of allylic oxidation sites excluding steroid dienone is 4. The molecule has 1 aliphatic carbocycles. The number of hydrogen-bond acceptors (Lipinski definition) is 0. The van der Waals surface area contributed by atoms with Gasteiger partial charge in [-0.2, -0.15) is 0 Å². The highest BCUT2D eigenvalue weighted by molar-refractivity contribution is 7.73. The lowest BCUT2D eigenvalue weighted by molar-refractivity contribution is 0.897. The van der Waals surface area contributed by atoms with Gasteiger partial charge in [-0.3, -0.25) is 0 Å². The molecule has 5 rings (SSSR count). The molecule has 0 spiro atoms. The van der Waals surface area contributed by atoms with Gasteiger partial charge in [0.05, 0.1) is 0 Å². The Morgan fingerprint density at radius 3 is 1.30 bits per heavy atom. The smallest absolute Gasteiger partial charge is 0.00320 e. The van der Waals surface area contributed by atoms with Crippen molar-refractivity contribution >= 4 is 37.1 Å². The van der Waals surface area contributed by atoms with Crippen molar-refractivity contribution in [2.45, 2.75) is 0 Å². The van der Waals surface area contributed by atoms with E-state index >= 15 is 0 Å². The molecule has 0 radical (unpaired) electrons. The largest absolute Gasteiger partial charge is 0.0769 e. The zero-order valence-electron chi connectivity index (χ0n) is 18.7. The van der Waals surface area contributed by atoms with Crippen LogP contribution in [0.1, 0.15) is 0 Å². The molecule has 33 heavy (non-hydrogen) atoms. The Kier molecular flexibility index (Phi) is 7.27. The first-order chi connectivity index (χ1) is 16.4. The lowest BCUT2D eigenvalue weighted by Crippen LogP contribution is -2.20. The monoisotopic (exact) mass is 462 g/mol. The quantitative estimate of drug-likeness (QED) is 0.267. The standard InChI is InChI=1S/C31H28P2/c1-5-16-28(17-6-1)32(29-18-7-2-8-19-29)24-26-14-13-15-27(26)25-33(30-20-9-3-10-21-30)31-22-11-4-12-23-31/h1-23,26H,24-25H2. The molecule has 0 amide bonds. The highest BCUT2D eigenvalue weighted by Gasteiger charge is 2.25. The van der Waals surface area contributed by atoms with Gasteiger partial charge in [0.15, 0.2) is 0 Å². The molecule has 1 aliphatic rings. The third kappa shape index (κ3) is 5.42. The Morgan fingerprint density at radius 2 is 0.879 bits per heavy atom. The summed E-state index contributed by atoms with van der Waals surface area (Å²) in [5.74, 6) is 0.494. The second-order valence-electron chi connectivity index (χ2n) is 8.27. The Bertz CT molecular complexity index is 1120. The molecule has 0 saturated heterocycles. The summed E-state index contributed by atoms with van der Waals surface area (Å²) in [6.45, 7) is 0. The van der Waals surface area contributed by atoms with Crippen LogP contribution in [0.4, 0.5) is 0 Å². The first kappa shape index (κ1) is 22.0. The summed E-state index contributed by atoms with van der Waals surface area (Å²) >= 11 is 0. The van der Waals surface area contributed by atoms with E-state index < -0.39 is 15.8 Å². The zero-order chi connectivity index (χ0) is 22.3. The SMILES string of the molecule is C1=CC(CP(c2ccccc2)c2ccccc2)C(CP(c2ccccc2)c2ccccc2)=C1. The number of hydrogen-bond donors (Lipinski definition) is 0. The van der Waals surface area contributed by atoms with Gasteiger partial charge in [0.1, 0.15) is 0 Å². The van der Waals surface area contributed by atoms with Crippen molar-refractivity contribution in [1.29, 1.82) is 0 Å². The van der Waals surface area contributed by atoms with Crippen LogP contribution in [0.15, 0.2) is 145 Å². The zero-order valence-corrected chi connectivity index (χ0v) is 20.5. The lowest BCUT2D eigenvalue weighted by atomic mass is 10.1. The second kappa shape index (κ2) is 10.9. The molecule has 0 nitrogen and oxygen atoms in total. The molecule has 0 bridgehead atoms. The van der Waals surface area contributed by atoms with E-state index in [0.29, 0.717) is 5.92 Å². The summed E-state index contributed by atoms with van der Waals surface area (Å²) in [7, 11) is -0.830. The maximum Gasteiger partial charge on any atom is 0.00320 e. The minimum absolute atomic E-state index is 0.407. The van der Waals surface area contributed by atoms with Gasteiger partial charge in [-0.05, 0) is 49.4 Å². The van der Waals surface area contributed by atoms with Gasteiger partial charge in [0.2, 0.25) is 0 Å². The summed E-state index contributed by atoms with van der Waals surface area (Å²) in [4.78, 5) is 0. The molecular weight excluding hydrogens is 434 g/mol. The van der Waals surface area contributed by atoms with Crippen LogP contribution in [0.2, 0.25) is 0 Å². The van der Waals surface area contributed by atoms with Crippen LogP contribution in [0.3, 0.4) is 0 Å². The van der Waals surface area contributed by atoms with Crippen LogP contribution >= 0.6 is 15.8 Å². The van der Waals surface area contributed by atoms with E-state index in [1.54, 1.807) is 5.57 Å². The molecule has 4 aromatic carbocycles. The molecule has 2 heteroatoms. The van der Waals surface area contributed by atoms with Gasteiger partial charge in [-0.15, -0.1) is 0 Å². The molecule has 0 aromatic heterocycles. The molecular formula is C31H28P2. The number of rotatable bonds is 8. The van der Waals surface area contributed by atoms with Crippen LogP contribution in [0.5, 0.6) is 0 Å². The Morgan fingerprint density at radius 1 is 0.485 bits per heavy atom. The minimum atomic E-state index is -0.423. The maximum absolute atomic E-state index is 2.43. The fourth-order valence-corrected chi connectivity index (χ4v) is 9.38. The maximum atomic E-state index is 2.43. The second-order valence-corrected chi connectivity index (χ2v) is 12.7. The van der Waals surface area contributed by atoms with E-state index in [4.69, 9.17) is 0 Å². The normalized spacial score (nSPS) is 15.2. The predicted molar refractivity (Wildman–Crippen MR) is 149 cm³/mol. The van der Waals surface area contributed by atoms with Crippen LogP contribution in [0, 0.1) is 5.92 Å². The van der Waals surface area contributed by atoms with Crippen molar-refractivity contribution in [3.8, 4) is 0 Å². The first-order valence-corrected chi connectivity index (χ1v) is 14.6. The summed E-state index contributed by atoms with van der Waals surface area (Å²) < 4.78 is 0. The molecule has 0 N–H and O–H groups in total.